The monoisotopic (exact) mass is 341 g/mol. The molecule has 0 aliphatic carbocycles. The van der Waals surface area contributed by atoms with Gasteiger partial charge in [0.05, 0.1) is 18.9 Å². The van der Waals surface area contributed by atoms with Gasteiger partial charge >= 0.3 is 0 Å². The quantitative estimate of drug-likeness (QED) is 0.910. The molecule has 0 spiro atoms. The zero-order valence-electron chi connectivity index (χ0n) is 11.1. The second kappa shape index (κ2) is 5.59. The van der Waals surface area contributed by atoms with Gasteiger partial charge in [-0.3, -0.25) is 9.58 Å². The average Bonchev–Trinajstić information content (AvgIpc) is 3.05. The van der Waals surface area contributed by atoms with Crippen LogP contribution in [0.25, 0.3) is 0 Å². The fourth-order valence-corrected chi connectivity index (χ4v) is 2.71. The van der Waals surface area contributed by atoms with Crippen LogP contribution in [0.2, 0.25) is 0 Å². The summed E-state index contributed by atoms with van der Waals surface area (Å²) < 4.78 is 13.6. The van der Waals surface area contributed by atoms with Crippen LogP contribution < -0.4 is 4.74 Å². The third kappa shape index (κ3) is 3.05. The number of nitrogens with zero attached hydrogens (tertiary/aromatic N) is 3. The summed E-state index contributed by atoms with van der Waals surface area (Å²) in [6, 6.07) is 3.79. The lowest BCUT2D eigenvalue weighted by Crippen LogP contribution is -2.29. The first-order chi connectivity index (χ1) is 9.60. The van der Waals surface area contributed by atoms with E-state index in [1.807, 2.05) is 19.2 Å². The second-order valence-electron chi connectivity index (χ2n) is 4.97. The lowest BCUT2D eigenvalue weighted by atomic mass is 10.3. The maximum atomic E-state index is 10.1. The highest BCUT2D eigenvalue weighted by Gasteiger charge is 2.33. The molecule has 3 rings (SSSR count). The van der Waals surface area contributed by atoms with Crippen molar-refractivity contribution in [2.45, 2.75) is 18.8 Å². The standard InChI is InChI=1S/C13H16BrN3O3/c1-16-5-10(4-15-16)19-12-8-17(7-11(12)18)6-9-2-3-13(14)20-9/h2-5,11-12,18H,6-8H2,1H3/t11-,12-/m1/s1. The fraction of sp³-hybridized carbons (Fsp3) is 0.462. The number of furan rings is 1. The van der Waals surface area contributed by atoms with Crippen molar-refractivity contribution in [1.29, 1.82) is 0 Å². The summed E-state index contributed by atoms with van der Waals surface area (Å²) in [5.74, 6) is 1.55. The van der Waals surface area contributed by atoms with E-state index in [2.05, 4.69) is 25.9 Å². The smallest absolute Gasteiger partial charge is 0.169 e. The van der Waals surface area contributed by atoms with Gasteiger partial charge in [-0.25, -0.2) is 0 Å². The molecule has 6 nitrogen and oxygen atoms in total. The highest BCUT2D eigenvalue weighted by atomic mass is 79.9. The molecule has 1 saturated heterocycles. The van der Waals surface area contributed by atoms with Crippen molar-refractivity contribution in [3.8, 4) is 5.75 Å². The fourth-order valence-electron chi connectivity index (χ4n) is 2.37. The average molecular weight is 342 g/mol. The molecule has 2 aromatic rings. The third-order valence-electron chi connectivity index (χ3n) is 3.29. The number of rotatable bonds is 4. The van der Waals surface area contributed by atoms with E-state index in [1.165, 1.54) is 0 Å². The van der Waals surface area contributed by atoms with E-state index in [9.17, 15) is 5.11 Å². The van der Waals surface area contributed by atoms with Gasteiger partial charge in [-0.05, 0) is 28.1 Å². The van der Waals surface area contributed by atoms with Gasteiger partial charge in [0, 0.05) is 20.1 Å². The zero-order chi connectivity index (χ0) is 14.1. The number of aromatic nitrogens is 2. The molecule has 0 aromatic carbocycles. The molecule has 0 saturated carbocycles. The van der Waals surface area contributed by atoms with E-state index in [0.29, 0.717) is 25.4 Å². The molecule has 1 aliphatic rings. The number of hydrogen-bond acceptors (Lipinski definition) is 5. The van der Waals surface area contributed by atoms with Crippen molar-refractivity contribution >= 4 is 15.9 Å². The molecule has 0 unspecified atom stereocenters. The van der Waals surface area contributed by atoms with Crippen molar-refractivity contribution in [3.05, 3.63) is 35.0 Å². The molecule has 108 valence electrons. The molecule has 1 aliphatic heterocycles. The molecule has 0 radical (unpaired) electrons. The number of halogens is 1. The summed E-state index contributed by atoms with van der Waals surface area (Å²) in [7, 11) is 1.83. The van der Waals surface area contributed by atoms with E-state index < -0.39 is 6.10 Å². The second-order valence-corrected chi connectivity index (χ2v) is 5.75. The van der Waals surface area contributed by atoms with Crippen molar-refractivity contribution in [3.63, 3.8) is 0 Å². The Morgan fingerprint density at radius 3 is 3.00 bits per heavy atom. The number of aliphatic hydroxyl groups is 1. The minimum atomic E-state index is -0.506. The topological polar surface area (TPSA) is 63.7 Å². The molecule has 1 fully saturated rings. The summed E-state index contributed by atoms with van der Waals surface area (Å²) >= 11 is 3.28. The summed E-state index contributed by atoms with van der Waals surface area (Å²) in [4.78, 5) is 2.11. The summed E-state index contributed by atoms with van der Waals surface area (Å²) in [6.07, 6.45) is 2.70. The molecule has 7 heteroatoms. The van der Waals surface area contributed by atoms with Crippen molar-refractivity contribution in [2.24, 2.45) is 7.05 Å². The molecular formula is C13H16BrN3O3. The first-order valence-electron chi connectivity index (χ1n) is 6.40. The van der Waals surface area contributed by atoms with E-state index >= 15 is 0 Å². The minimum Gasteiger partial charge on any atom is -0.483 e. The van der Waals surface area contributed by atoms with Crippen LogP contribution in [-0.4, -0.2) is 45.1 Å². The van der Waals surface area contributed by atoms with Crippen molar-refractivity contribution in [1.82, 2.24) is 14.7 Å². The van der Waals surface area contributed by atoms with Crippen LogP contribution in [0.5, 0.6) is 5.75 Å². The van der Waals surface area contributed by atoms with Gasteiger partial charge in [-0.1, -0.05) is 0 Å². The van der Waals surface area contributed by atoms with E-state index in [-0.39, 0.29) is 6.10 Å². The first-order valence-corrected chi connectivity index (χ1v) is 7.19. The summed E-state index contributed by atoms with van der Waals surface area (Å²) in [6.45, 7) is 1.90. The van der Waals surface area contributed by atoms with Gasteiger partial charge in [0.25, 0.3) is 0 Å². The molecule has 2 aromatic heterocycles. The van der Waals surface area contributed by atoms with E-state index in [0.717, 1.165) is 10.4 Å². The molecule has 0 amide bonds. The maximum Gasteiger partial charge on any atom is 0.169 e. The van der Waals surface area contributed by atoms with Gasteiger partial charge in [0.2, 0.25) is 0 Å². The Morgan fingerprint density at radius 1 is 1.50 bits per heavy atom. The Labute approximate surface area is 125 Å². The number of hydrogen-bond donors (Lipinski definition) is 1. The lowest BCUT2D eigenvalue weighted by molar-refractivity contribution is 0.0736. The zero-order valence-corrected chi connectivity index (χ0v) is 12.7. The van der Waals surface area contributed by atoms with Gasteiger partial charge in [0.1, 0.15) is 18.0 Å². The van der Waals surface area contributed by atoms with Gasteiger partial charge in [0.15, 0.2) is 10.4 Å². The molecule has 1 N–H and O–H groups in total. The Bertz CT molecular complexity index is 583. The van der Waals surface area contributed by atoms with E-state index in [1.54, 1.807) is 17.1 Å². The van der Waals surface area contributed by atoms with Crippen molar-refractivity contribution in [2.75, 3.05) is 13.1 Å². The van der Waals surface area contributed by atoms with Crippen LogP contribution in [0.3, 0.4) is 0 Å². The van der Waals surface area contributed by atoms with Crippen LogP contribution >= 0.6 is 15.9 Å². The SMILES string of the molecule is Cn1cc(O[C@@H]2CN(Cc3ccc(Br)o3)C[C@H]2O)cn1. The first kappa shape index (κ1) is 13.7. The summed E-state index contributed by atoms with van der Waals surface area (Å²) in [5, 5.41) is 14.1. The van der Waals surface area contributed by atoms with Gasteiger partial charge < -0.3 is 14.3 Å². The third-order valence-corrected chi connectivity index (χ3v) is 3.72. The normalized spacial score (nSPS) is 23.4. The van der Waals surface area contributed by atoms with Gasteiger partial charge in [-0.15, -0.1) is 0 Å². The number of ether oxygens (including phenoxy) is 1. The lowest BCUT2D eigenvalue weighted by Gasteiger charge is -2.15. The molecule has 3 heterocycles. The number of aliphatic hydroxyl groups excluding tert-OH is 1. The molecule has 0 bridgehead atoms. The number of likely N-dealkylation sites (tertiary alicyclic amines) is 1. The van der Waals surface area contributed by atoms with E-state index in [4.69, 9.17) is 9.15 Å². The predicted molar refractivity (Wildman–Crippen MR) is 75.3 cm³/mol. The highest BCUT2D eigenvalue weighted by Crippen LogP contribution is 2.21. The minimum absolute atomic E-state index is 0.238. The van der Waals surface area contributed by atoms with Crippen LogP contribution in [-0.2, 0) is 13.6 Å². The Hall–Kier alpha value is -1.31. The van der Waals surface area contributed by atoms with Gasteiger partial charge in [-0.2, -0.15) is 5.10 Å². The molecule has 2 atom stereocenters. The molecule has 20 heavy (non-hydrogen) atoms. The van der Waals surface area contributed by atoms with Crippen LogP contribution in [0.15, 0.2) is 33.6 Å². The summed E-state index contributed by atoms with van der Waals surface area (Å²) in [5.41, 5.74) is 0. The van der Waals surface area contributed by atoms with Crippen LogP contribution in [0, 0.1) is 0 Å². The van der Waals surface area contributed by atoms with Crippen molar-refractivity contribution < 1.29 is 14.3 Å². The Kier molecular flexibility index (Phi) is 3.82. The largest absolute Gasteiger partial charge is 0.483 e. The highest BCUT2D eigenvalue weighted by molar-refractivity contribution is 9.10. The Balaban J connectivity index is 1.59. The predicted octanol–water partition coefficient (Wildman–Crippen LogP) is 1.40. The van der Waals surface area contributed by atoms with Crippen LogP contribution in [0.1, 0.15) is 5.76 Å². The number of aryl methyl sites for hydroxylation is 1. The Morgan fingerprint density at radius 2 is 2.35 bits per heavy atom. The maximum absolute atomic E-state index is 10.1. The molecular weight excluding hydrogens is 326 g/mol. The number of β-amino-alcohol motifs (C(OH)–C–C–N with tert-alkyl or cyclic N) is 1. The van der Waals surface area contributed by atoms with Crippen LogP contribution in [0.4, 0.5) is 0 Å².